The lowest BCUT2D eigenvalue weighted by Crippen LogP contribution is -2.48. The van der Waals surface area contributed by atoms with Crippen LogP contribution in [0.25, 0.3) is 0 Å². The quantitative estimate of drug-likeness (QED) is 0.575. The van der Waals surface area contributed by atoms with Gasteiger partial charge in [0.2, 0.25) is 11.8 Å². The molecule has 1 aliphatic heterocycles. The summed E-state index contributed by atoms with van der Waals surface area (Å²) in [5.41, 5.74) is 5.19. The van der Waals surface area contributed by atoms with Gasteiger partial charge in [0.15, 0.2) is 5.03 Å². The second-order valence-corrected chi connectivity index (χ2v) is 9.09. The lowest BCUT2D eigenvalue weighted by Gasteiger charge is -2.27. The van der Waals surface area contributed by atoms with Crippen molar-refractivity contribution in [3.63, 3.8) is 0 Å². The van der Waals surface area contributed by atoms with E-state index in [4.69, 9.17) is 5.73 Å². The molecule has 0 aliphatic carbocycles. The summed E-state index contributed by atoms with van der Waals surface area (Å²) in [5, 5.41) is 13.2. The van der Waals surface area contributed by atoms with Crippen LogP contribution in [-0.4, -0.2) is 59.4 Å². The van der Waals surface area contributed by atoms with Crippen molar-refractivity contribution in [1.82, 2.24) is 14.6 Å². The summed E-state index contributed by atoms with van der Waals surface area (Å²) in [5.74, 6) is -1.18. The minimum Gasteiger partial charge on any atom is -0.390 e. The van der Waals surface area contributed by atoms with E-state index in [0.29, 0.717) is 19.3 Å². The number of sulfonamides is 1. The Labute approximate surface area is 165 Å². The molecular formula is C18H28N4O5S. The highest BCUT2D eigenvalue weighted by atomic mass is 32.2. The molecule has 0 spiro atoms. The lowest BCUT2D eigenvalue weighted by atomic mass is 10.0. The van der Waals surface area contributed by atoms with Gasteiger partial charge in [-0.15, -0.1) is 0 Å². The van der Waals surface area contributed by atoms with E-state index in [1.807, 2.05) is 0 Å². The second kappa shape index (κ2) is 9.44. The molecule has 0 bridgehead atoms. The van der Waals surface area contributed by atoms with Crippen molar-refractivity contribution in [2.45, 2.75) is 62.7 Å². The van der Waals surface area contributed by atoms with Gasteiger partial charge in [-0.05, 0) is 38.3 Å². The van der Waals surface area contributed by atoms with Crippen LogP contribution in [0.2, 0.25) is 0 Å². The molecule has 2 amide bonds. The lowest BCUT2D eigenvalue weighted by molar-refractivity contribution is -0.124. The molecule has 1 aliphatic rings. The number of aromatic nitrogens is 1. The van der Waals surface area contributed by atoms with E-state index in [-0.39, 0.29) is 29.9 Å². The summed E-state index contributed by atoms with van der Waals surface area (Å²) < 4.78 is 27.0. The molecule has 9 nitrogen and oxygen atoms in total. The van der Waals surface area contributed by atoms with Crippen molar-refractivity contribution in [3.05, 3.63) is 24.4 Å². The van der Waals surface area contributed by atoms with Gasteiger partial charge in [0, 0.05) is 31.1 Å². The Morgan fingerprint density at radius 1 is 1.39 bits per heavy atom. The Morgan fingerprint density at radius 2 is 2.11 bits per heavy atom. The maximum absolute atomic E-state index is 12.9. The average molecular weight is 413 g/mol. The molecular weight excluding hydrogens is 384 g/mol. The molecule has 1 fully saturated rings. The second-order valence-electron chi connectivity index (χ2n) is 7.25. The summed E-state index contributed by atoms with van der Waals surface area (Å²) in [6, 6.07) is 3.72. The van der Waals surface area contributed by atoms with Crippen molar-refractivity contribution < 1.29 is 23.1 Å². The summed E-state index contributed by atoms with van der Waals surface area (Å²) >= 11 is 0. The number of nitrogens with zero attached hydrogens (tertiary/aromatic N) is 2. The van der Waals surface area contributed by atoms with Gasteiger partial charge in [0.25, 0.3) is 10.0 Å². The number of carbonyl (C=O) groups excluding carboxylic acids is 2. The fourth-order valence-electron chi connectivity index (χ4n) is 3.14. The topological polar surface area (TPSA) is 143 Å². The van der Waals surface area contributed by atoms with E-state index in [0.717, 1.165) is 0 Å². The molecule has 0 saturated carbocycles. The first-order valence-electron chi connectivity index (χ1n) is 9.32. The third-order valence-corrected chi connectivity index (χ3v) is 6.96. The minimum atomic E-state index is -3.85. The highest BCUT2D eigenvalue weighted by molar-refractivity contribution is 7.89. The van der Waals surface area contributed by atoms with Crippen LogP contribution >= 0.6 is 0 Å². The van der Waals surface area contributed by atoms with Crippen molar-refractivity contribution in [2.75, 3.05) is 6.54 Å². The van der Waals surface area contributed by atoms with Crippen LogP contribution in [0.1, 0.15) is 39.5 Å². The predicted octanol–water partition coefficient (Wildman–Crippen LogP) is 0.00190. The number of aliphatic hydroxyl groups excluding tert-OH is 1. The number of carbonyl (C=O) groups is 2. The van der Waals surface area contributed by atoms with E-state index in [9.17, 15) is 23.1 Å². The van der Waals surface area contributed by atoms with Crippen LogP contribution in [0, 0.1) is 5.92 Å². The Morgan fingerprint density at radius 3 is 2.71 bits per heavy atom. The van der Waals surface area contributed by atoms with Gasteiger partial charge in [-0.3, -0.25) is 9.59 Å². The Bertz CT molecular complexity index is 786. The zero-order valence-electron chi connectivity index (χ0n) is 16.1. The molecule has 2 heterocycles. The number of pyridine rings is 1. The van der Waals surface area contributed by atoms with E-state index < -0.39 is 34.0 Å². The van der Waals surface area contributed by atoms with Gasteiger partial charge < -0.3 is 16.2 Å². The van der Waals surface area contributed by atoms with Crippen LogP contribution in [0.3, 0.4) is 0 Å². The van der Waals surface area contributed by atoms with Crippen molar-refractivity contribution >= 4 is 21.8 Å². The number of aliphatic hydroxyl groups is 1. The van der Waals surface area contributed by atoms with Crippen LogP contribution in [0.4, 0.5) is 0 Å². The number of rotatable bonds is 7. The number of amides is 2. The number of nitrogens with one attached hydrogen (secondary N) is 1. The average Bonchev–Trinajstić information content (AvgIpc) is 2.80. The summed E-state index contributed by atoms with van der Waals surface area (Å²) in [7, 11) is -3.85. The molecule has 4 atom stereocenters. The third kappa shape index (κ3) is 5.49. The molecule has 1 aromatic rings. The van der Waals surface area contributed by atoms with Gasteiger partial charge >= 0.3 is 0 Å². The zero-order valence-corrected chi connectivity index (χ0v) is 16.9. The molecule has 4 N–H and O–H groups in total. The monoisotopic (exact) mass is 412 g/mol. The van der Waals surface area contributed by atoms with E-state index in [1.54, 1.807) is 26.0 Å². The minimum absolute atomic E-state index is 0.0722. The van der Waals surface area contributed by atoms with Crippen LogP contribution < -0.4 is 11.1 Å². The molecule has 1 saturated heterocycles. The van der Waals surface area contributed by atoms with Gasteiger partial charge in [-0.2, -0.15) is 4.31 Å². The highest BCUT2D eigenvalue weighted by Crippen LogP contribution is 2.24. The maximum atomic E-state index is 12.9. The molecule has 28 heavy (non-hydrogen) atoms. The number of hydrogen-bond donors (Lipinski definition) is 3. The summed E-state index contributed by atoms with van der Waals surface area (Å²) in [6.07, 6.45) is 1.70. The van der Waals surface area contributed by atoms with Gasteiger partial charge in [-0.25, -0.2) is 13.4 Å². The highest BCUT2D eigenvalue weighted by Gasteiger charge is 2.37. The van der Waals surface area contributed by atoms with E-state index >= 15 is 0 Å². The van der Waals surface area contributed by atoms with E-state index in [2.05, 4.69) is 10.3 Å². The van der Waals surface area contributed by atoms with Crippen molar-refractivity contribution in [1.29, 1.82) is 0 Å². The first-order valence-corrected chi connectivity index (χ1v) is 10.8. The molecule has 10 heteroatoms. The van der Waals surface area contributed by atoms with Crippen LogP contribution in [-0.2, 0) is 19.6 Å². The Hall–Kier alpha value is -2.04. The number of primary amides is 1. The molecule has 0 unspecified atom stereocenters. The third-order valence-electron chi connectivity index (χ3n) is 5.07. The number of β-amino-alcohol motifs (C(OH)–C–C–N with tert-alkyl or cyclic N) is 1. The maximum Gasteiger partial charge on any atom is 0.260 e. The SMILES string of the molecule is C[C@H](CCC(=O)N[C@@H]1CC[C@H](C)N(S(=O)(=O)c2ccccn2)C[C@@H]1O)C(N)=O. The number of hydrogen-bond acceptors (Lipinski definition) is 6. The van der Waals surface area contributed by atoms with Crippen molar-refractivity contribution in [2.24, 2.45) is 11.7 Å². The smallest absolute Gasteiger partial charge is 0.260 e. The Balaban J connectivity index is 2.04. The van der Waals surface area contributed by atoms with Gasteiger partial charge in [-0.1, -0.05) is 13.0 Å². The summed E-state index contributed by atoms with van der Waals surface area (Å²) in [4.78, 5) is 27.1. The zero-order chi connectivity index (χ0) is 20.9. The molecule has 0 radical (unpaired) electrons. The van der Waals surface area contributed by atoms with Crippen molar-refractivity contribution in [3.8, 4) is 0 Å². The standard InChI is InChI=1S/C18H28N4O5S/c1-12(18(19)25)6-9-16(24)21-14-8-7-13(2)22(11-15(14)23)28(26,27)17-5-3-4-10-20-17/h3-5,10,12-15,23H,6-9,11H2,1-2H3,(H2,19,25)(H,21,24)/t12-,13+,14-,15+/m1/s1. The fourth-order valence-corrected chi connectivity index (χ4v) is 4.75. The van der Waals surface area contributed by atoms with Crippen LogP contribution in [0.15, 0.2) is 29.4 Å². The molecule has 156 valence electrons. The first-order chi connectivity index (χ1) is 13.1. The molecule has 2 rings (SSSR count). The summed E-state index contributed by atoms with van der Waals surface area (Å²) in [6.45, 7) is 3.28. The normalized spacial score (nSPS) is 24.9. The van der Waals surface area contributed by atoms with E-state index in [1.165, 1.54) is 16.6 Å². The molecule has 0 aromatic carbocycles. The first kappa shape index (κ1) is 22.3. The predicted molar refractivity (Wildman–Crippen MR) is 102 cm³/mol. The van der Waals surface area contributed by atoms with Gasteiger partial charge in [0.05, 0.1) is 12.1 Å². The van der Waals surface area contributed by atoms with Crippen LogP contribution in [0.5, 0.6) is 0 Å². The van der Waals surface area contributed by atoms with Gasteiger partial charge in [0.1, 0.15) is 0 Å². The number of nitrogens with two attached hydrogens (primary N) is 1. The fraction of sp³-hybridized carbons (Fsp3) is 0.611. The Kier molecular flexibility index (Phi) is 7.50. The largest absolute Gasteiger partial charge is 0.390 e. The molecule has 1 aromatic heterocycles.